The van der Waals surface area contributed by atoms with Crippen molar-refractivity contribution in [2.75, 3.05) is 31.0 Å². The predicted octanol–water partition coefficient (Wildman–Crippen LogP) is 5.46. The zero-order valence-electron chi connectivity index (χ0n) is 19.3. The van der Waals surface area contributed by atoms with E-state index in [4.69, 9.17) is 25.8 Å². The minimum Gasteiger partial charge on any atom is -0.493 e. The first-order chi connectivity index (χ1) is 16.4. The SMILES string of the molecule is CCOC(=O)c1ccc(NCc2cc(OC)c(OCC(=O)Nc3ccc(C)cc3)cc2Cl)cc1. The summed E-state index contributed by atoms with van der Waals surface area (Å²) >= 11 is 6.45. The molecule has 0 radical (unpaired) electrons. The van der Waals surface area contributed by atoms with Crippen LogP contribution < -0.4 is 20.1 Å². The summed E-state index contributed by atoms with van der Waals surface area (Å²) in [4.78, 5) is 24.0. The molecule has 8 heteroatoms. The number of esters is 1. The van der Waals surface area contributed by atoms with Gasteiger partial charge in [0.25, 0.3) is 5.91 Å². The Morgan fingerprint density at radius 3 is 2.26 bits per heavy atom. The quantitative estimate of drug-likeness (QED) is 0.373. The number of rotatable bonds is 10. The summed E-state index contributed by atoms with van der Waals surface area (Å²) in [6.07, 6.45) is 0. The van der Waals surface area contributed by atoms with Gasteiger partial charge in [0.1, 0.15) is 0 Å². The molecule has 0 fully saturated rings. The zero-order chi connectivity index (χ0) is 24.5. The lowest BCUT2D eigenvalue weighted by molar-refractivity contribution is -0.118. The molecule has 0 bridgehead atoms. The van der Waals surface area contributed by atoms with Gasteiger partial charge in [0.15, 0.2) is 18.1 Å². The smallest absolute Gasteiger partial charge is 0.338 e. The molecule has 0 aliphatic carbocycles. The number of ether oxygens (including phenoxy) is 3. The molecule has 3 rings (SSSR count). The Kier molecular flexibility index (Phi) is 8.76. The van der Waals surface area contributed by atoms with Crippen molar-refractivity contribution in [3.8, 4) is 11.5 Å². The van der Waals surface area contributed by atoms with Crippen LogP contribution in [0.25, 0.3) is 0 Å². The molecule has 0 atom stereocenters. The second kappa shape index (κ2) is 12.0. The van der Waals surface area contributed by atoms with E-state index >= 15 is 0 Å². The van der Waals surface area contributed by atoms with E-state index in [1.165, 1.54) is 7.11 Å². The second-order valence-electron chi connectivity index (χ2n) is 7.45. The minimum atomic E-state index is -0.357. The van der Waals surface area contributed by atoms with Gasteiger partial charge in [0.2, 0.25) is 0 Å². The molecular formula is C26H27ClN2O5. The lowest BCUT2D eigenvalue weighted by atomic mass is 10.1. The molecule has 178 valence electrons. The minimum absolute atomic E-state index is 0.190. The van der Waals surface area contributed by atoms with Crippen molar-refractivity contribution < 1.29 is 23.8 Å². The largest absolute Gasteiger partial charge is 0.493 e. The molecule has 0 aliphatic rings. The highest BCUT2D eigenvalue weighted by Crippen LogP contribution is 2.34. The lowest BCUT2D eigenvalue weighted by Crippen LogP contribution is -2.20. The van der Waals surface area contributed by atoms with Crippen LogP contribution in [-0.2, 0) is 16.1 Å². The molecule has 3 aromatic carbocycles. The molecule has 0 saturated heterocycles. The second-order valence-corrected chi connectivity index (χ2v) is 7.86. The number of hydrogen-bond donors (Lipinski definition) is 2. The summed E-state index contributed by atoms with van der Waals surface area (Å²) in [5.74, 6) is 0.181. The van der Waals surface area contributed by atoms with Gasteiger partial charge in [-0.25, -0.2) is 4.79 Å². The van der Waals surface area contributed by atoms with Gasteiger partial charge in [-0.3, -0.25) is 4.79 Å². The van der Waals surface area contributed by atoms with Crippen molar-refractivity contribution >= 4 is 34.9 Å². The Balaban J connectivity index is 1.59. The fourth-order valence-corrected chi connectivity index (χ4v) is 3.32. The number of benzene rings is 3. The van der Waals surface area contributed by atoms with E-state index in [1.807, 2.05) is 31.2 Å². The summed E-state index contributed by atoms with van der Waals surface area (Å²) < 4.78 is 16.1. The zero-order valence-corrected chi connectivity index (χ0v) is 20.1. The van der Waals surface area contributed by atoms with Crippen LogP contribution >= 0.6 is 11.6 Å². The monoisotopic (exact) mass is 482 g/mol. The maximum Gasteiger partial charge on any atom is 0.338 e. The molecule has 0 unspecified atom stereocenters. The van der Waals surface area contributed by atoms with E-state index in [2.05, 4.69) is 10.6 Å². The maximum atomic E-state index is 12.2. The van der Waals surface area contributed by atoms with E-state index in [0.717, 1.165) is 16.8 Å². The summed E-state index contributed by atoms with van der Waals surface area (Å²) in [5.41, 5.74) is 3.89. The summed E-state index contributed by atoms with van der Waals surface area (Å²) in [6, 6.07) is 17.9. The number of amides is 1. The molecule has 1 amide bonds. The molecule has 0 spiro atoms. The highest BCUT2D eigenvalue weighted by atomic mass is 35.5. The van der Waals surface area contributed by atoms with E-state index < -0.39 is 0 Å². The van der Waals surface area contributed by atoms with Crippen molar-refractivity contribution in [2.24, 2.45) is 0 Å². The normalized spacial score (nSPS) is 10.4. The highest BCUT2D eigenvalue weighted by molar-refractivity contribution is 6.31. The van der Waals surface area contributed by atoms with Gasteiger partial charge in [0.05, 0.1) is 19.3 Å². The van der Waals surface area contributed by atoms with Crippen LogP contribution in [-0.4, -0.2) is 32.2 Å². The van der Waals surface area contributed by atoms with Gasteiger partial charge >= 0.3 is 5.97 Å². The molecule has 0 heterocycles. The van der Waals surface area contributed by atoms with Crippen LogP contribution in [0.3, 0.4) is 0 Å². The average Bonchev–Trinajstić information content (AvgIpc) is 2.84. The first-order valence-electron chi connectivity index (χ1n) is 10.8. The first kappa shape index (κ1) is 24.9. The number of halogens is 1. The third-order valence-electron chi connectivity index (χ3n) is 4.91. The number of aryl methyl sites for hydroxylation is 1. The summed E-state index contributed by atoms with van der Waals surface area (Å²) in [6.45, 7) is 4.30. The highest BCUT2D eigenvalue weighted by Gasteiger charge is 2.13. The lowest BCUT2D eigenvalue weighted by Gasteiger charge is -2.15. The molecule has 0 aliphatic heterocycles. The molecular weight excluding hydrogens is 456 g/mol. The topological polar surface area (TPSA) is 85.9 Å². The molecule has 0 aromatic heterocycles. The molecule has 34 heavy (non-hydrogen) atoms. The van der Waals surface area contributed by atoms with Gasteiger partial charge in [-0.2, -0.15) is 0 Å². The van der Waals surface area contributed by atoms with Gasteiger partial charge in [-0.1, -0.05) is 29.3 Å². The number of anilines is 2. The summed E-state index contributed by atoms with van der Waals surface area (Å²) in [7, 11) is 1.52. The van der Waals surface area contributed by atoms with Crippen LogP contribution in [0.4, 0.5) is 11.4 Å². The van der Waals surface area contributed by atoms with Crippen LogP contribution in [0.5, 0.6) is 11.5 Å². The molecule has 3 aromatic rings. The van der Waals surface area contributed by atoms with Gasteiger partial charge in [-0.15, -0.1) is 0 Å². The number of hydrogen-bond acceptors (Lipinski definition) is 6. The van der Waals surface area contributed by atoms with Crippen molar-refractivity contribution in [2.45, 2.75) is 20.4 Å². The Bertz CT molecular complexity index is 1130. The van der Waals surface area contributed by atoms with Gasteiger partial charge in [0, 0.05) is 29.0 Å². The number of nitrogens with one attached hydrogen (secondary N) is 2. The molecule has 0 saturated carbocycles. The van der Waals surface area contributed by atoms with Crippen molar-refractivity contribution in [1.29, 1.82) is 0 Å². The van der Waals surface area contributed by atoms with Crippen LogP contribution in [0.1, 0.15) is 28.4 Å². The van der Waals surface area contributed by atoms with E-state index in [1.54, 1.807) is 43.3 Å². The van der Waals surface area contributed by atoms with Crippen LogP contribution in [0, 0.1) is 6.92 Å². The average molecular weight is 483 g/mol. The Morgan fingerprint density at radius 2 is 1.62 bits per heavy atom. The van der Waals surface area contributed by atoms with Crippen LogP contribution in [0.15, 0.2) is 60.7 Å². The maximum absolute atomic E-state index is 12.2. The van der Waals surface area contributed by atoms with E-state index in [0.29, 0.717) is 40.9 Å². The fourth-order valence-electron chi connectivity index (χ4n) is 3.10. The van der Waals surface area contributed by atoms with Gasteiger partial charge < -0.3 is 24.8 Å². The van der Waals surface area contributed by atoms with Crippen molar-refractivity contribution in [1.82, 2.24) is 0 Å². The third kappa shape index (κ3) is 6.89. The Labute approximate surface area is 204 Å². The standard InChI is InChI=1S/C26H27ClN2O5/c1-4-33-26(31)18-7-11-20(12-8-18)28-15-19-13-23(32-3)24(14-22(19)27)34-16-25(30)29-21-9-5-17(2)6-10-21/h5-14,28H,4,15-16H2,1-3H3,(H,29,30). The predicted molar refractivity (Wildman–Crippen MR) is 133 cm³/mol. The summed E-state index contributed by atoms with van der Waals surface area (Å²) in [5, 5.41) is 6.50. The van der Waals surface area contributed by atoms with Crippen molar-refractivity contribution in [3.05, 3.63) is 82.4 Å². The van der Waals surface area contributed by atoms with Crippen molar-refractivity contribution in [3.63, 3.8) is 0 Å². The third-order valence-corrected chi connectivity index (χ3v) is 5.26. The number of carbonyl (C=O) groups excluding carboxylic acids is 2. The Morgan fingerprint density at radius 1 is 0.941 bits per heavy atom. The Hall–Kier alpha value is -3.71. The van der Waals surface area contributed by atoms with Crippen LogP contribution in [0.2, 0.25) is 5.02 Å². The number of methoxy groups -OCH3 is 1. The van der Waals surface area contributed by atoms with E-state index in [9.17, 15) is 9.59 Å². The number of carbonyl (C=O) groups is 2. The molecule has 2 N–H and O–H groups in total. The van der Waals surface area contributed by atoms with Gasteiger partial charge in [-0.05, 0) is 61.9 Å². The van der Waals surface area contributed by atoms with E-state index in [-0.39, 0.29) is 18.5 Å². The first-order valence-corrected chi connectivity index (χ1v) is 11.1. The molecule has 7 nitrogen and oxygen atoms in total. The fraction of sp³-hybridized carbons (Fsp3) is 0.231.